The smallest absolute Gasteiger partial charge is 0.424 e. The van der Waals surface area contributed by atoms with Crippen molar-refractivity contribution in [2.45, 2.75) is 31.0 Å². The van der Waals surface area contributed by atoms with Crippen molar-refractivity contribution >= 4 is 28.6 Å². The third-order valence-electron chi connectivity index (χ3n) is 7.65. The van der Waals surface area contributed by atoms with Crippen molar-refractivity contribution in [3.8, 4) is 22.8 Å². The lowest BCUT2D eigenvalue weighted by molar-refractivity contribution is -0.265. The van der Waals surface area contributed by atoms with Crippen molar-refractivity contribution in [3.05, 3.63) is 82.9 Å². The van der Waals surface area contributed by atoms with E-state index in [0.29, 0.717) is 10.9 Å². The summed E-state index contributed by atoms with van der Waals surface area (Å²) < 4.78 is 69.0. The number of aromatic nitrogens is 2. The molecule has 0 saturated carbocycles. The van der Waals surface area contributed by atoms with Crippen LogP contribution in [0.3, 0.4) is 0 Å². The number of aryl methyl sites for hydroxylation is 1. The van der Waals surface area contributed by atoms with Crippen LogP contribution >= 0.6 is 0 Å². The van der Waals surface area contributed by atoms with Gasteiger partial charge in [-0.25, -0.2) is 9.37 Å². The summed E-state index contributed by atoms with van der Waals surface area (Å²) in [6.07, 6.45) is -3.90. The van der Waals surface area contributed by atoms with Crippen LogP contribution in [0.4, 0.5) is 17.6 Å². The summed E-state index contributed by atoms with van der Waals surface area (Å²) in [5.41, 5.74) is 5.02. The Bertz CT molecular complexity index is 1880. The monoisotopic (exact) mass is 641 g/mol. The lowest BCUT2D eigenvalue weighted by Crippen LogP contribution is -2.51. The lowest BCUT2D eigenvalue weighted by Gasteiger charge is -2.31. The van der Waals surface area contributed by atoms with Crippen LogP contribution in [-0.4, -0.2) is 58.7 Å². The molecule has 0 saturated heterocycles. The van der Waals surface area contributed by atoms with E-state index < -0.39 is 59.6 Å². The van der Waals surface area contributed by atoms with E-state index in [9.17, 15) is 37.1 Å². The van der Waals surface area contributed by atoms with Gasteiger partial charge >= 0.3 is 6.18 Å². The molecular weight excluding hydrogens is 614 g/mol. The van der Waals surface area contributed by atoms with E-state index in [2.05, 4.69) is 15.3 Å². The number of fused-ring (bicyclic) bond motifs is 2. The highest BCUT2D eigenvalue weighted by atomic mass is 19.4. The Kier molecular flexibility index (Phi) is 8.07. The van der Waals surface area contributed by atoms with Gasteiger partial charge in [0.25, 0.3) is 11.8 Å². The molecular formula is C31H27F4N5O6. The molecule has 3 heterocycles. The number of alkyl halides is 3. The van der Waals surface area contributed by atoms with Crippen LogP contribution in [-0.2, 0) is 20.6 Å². The molecule has 3 amide bonds. The molecule has 1 aliphatic heterocycles. The zero-order valence-corrected chi connectivity index (χ0v) is 24.4. The number of primary amides is 2. The van der Waals surface area contributed by atoms with Crippen molar-refractivity contribution in [2.75, 3.05) is 19.8 Å². The van der Waals surface area contributed by atoms with Gasteiger partial charge in [0.2, 0.25) is 11.5 Å². The lowest BCUT2D eigenvalue weighted by atomic mass is 9.81. The second-order valence-electron chi connectivity index (χ2n) is 11.1. The van der Waals surface area contributed by atoms with E-state index in [0.717, 1.165) is 18.2 Å². The van der Waals surface area contributed by atoms with E-state index in [1.807, 2.05) is 0 Å². The Balaban J connectivity index is 1.57. The third kappa shape index (κ3) is 5.76. The third-order valence-corrected chi connectivity index (χ3v) is 7.65. The van der Waals surface area contributed by atoms with Crippen molar-refractivity contribution in [1.82, 2.24) is 15.3 Å². The van der Waals surface area contributed by atoms with Crippen LogP contribution in [0.5, 0.6) is 11.5 Å². The van der Waals surface area contributed by atoms with Crippen LogP contribution < -0.4 is 26.3 Å². The SMILES string of the molecule is Cc1cnc2c(OCC(N)=O)cc(C(=O)NCC(O)(c3cc4c(c(-c5ccc(F)cc5)n3)OC[C@]4(C)C(N)=O)C(F)(F)F)cc2c1. The molecule has 240 valence electrons. The van der Waals surface area contributed by atoms with E-state index >= 15 is 0 Å². The minimum atomic E-state index is -5.41. The topological polar surface area (TPSA) is 180 Å². The fourth-order valence-corrected chi connectivity index (χ4v) is 4.97. The van der Waals surface area contributed by atoms with Crippen molar-refractivity contribution in [2.24, 2.45) is 11.5 Å². The summed E-state index contributed by atoms with van der Waals surface area (Å²) in [6.45, 7) is 0.791. The summed E-state index contributed by atoms with van der Waals surface area (Å²) in [6, 6.07) is 9.62. The maximum atomic E-state index is 14.7. The first-order valence-corrected chi connectivity index (χ1v) is 13.7. The predicted octanol–water partition coefficient (Wildman–Crippen LogP) is 2.92. The first-order chi connectivity index (χ1) is 21.5. The number of carbonyl (C=O) groups excluding carboxylic acids is 3. The number of hydrogen-bond donors (Lipinski definition) is 4. The molecule has 2 atom stereocenters. The predicted molar refractivity (Wildman–Crippen MR) is 155 cm³/mol. The standard InChI is InChI=1S/C31H27F4N5O6/c1-15-7-17-8-18(9-21(24(17)38-11-15)45-12-23(36)41)27(42)39-13-30(44,31(33,34)35)22-10-20-26(46-14-29(20,2)28(37)43)25(40-22)16-3-5-19(32)6-4-16/h3-11,44H,12-14H2,1-2H3,(H2,36,41)(H2,37,43)(H,39,42)/t29-,30?/m0/s1. The molecule has 1 unspecified atom stereocenters. The van der Waals surface area contributed by atoms with Crippen molar-refractivity contribution < 1.29 is 46.5 Å². The molecule has 6 N–H and O–H groups in total. The molecule has 5 rings (SSSR count). The summed E-state index contributed by atoms with van der Waals surface area (Å²) in [5.74, 6) is -3.48. The zero-order chi connectivity index (χ0) is 33.6. The molecule has 4 aromatic rings. The zero-order valence-electron chi connectivity index (χ0n) is 24.4. The number of halogens is 4. The largest absolute Gasteiger partial charge is 0.489 e. The summed E-state index contributed by atoms with van der Waals surface area (Å²) in [5, 5.41) is 13.8. The van der Waals surface area contributed by atoms with E-state index in [4.69, 9.17) is 20.9 Å². The van der Waals surface area contributed by atoms with E-state index in [1.54, 1.807) is 13.0 Å². The minimum absolute atomic E-state index is 0.0255. The number of carbonyl (C=O) groups is 3. The highest BCUT2D eigenvalue weighted by molar-refractivity contribution is 6.00. The molecule has 46 heavy (non-hydrogen) atoms. The molecule has 1 aliphatic rings. The first kappa shape index (κ1) is 32.1. The number of benzene rings is 2. The first-order valence-electron chi connectivity index (χ1n) is 13.7. The highest BCUT2D eigenvalue weighted by Crippen LogP contribution is 2.47. The summed E-state index contributed by atoms with van der Waals surface area (Å²) >= 11 is 0. The molecule has 2 aromatic heterocycles. The molecule has 2 aromatic carbocycles. The average molecular weight is 642 g/mol. The number of aliphatic hydroxyl groups is 1. The number of rotatable bonds is 9. The quantitative estimate of drug-likeness (QED) is 0.201. The second-order valence-corrected chi connectivity index (χ2v) is 11.1. The molecule has 11 nitrogen and oxygen atoms in total. The van der Waals surface area contributed by atoms with Crippen molar-refractivity contribution in [3.63, 3.8) is 0 Å². The number of nitrogens with zero attached hydrogens (tertiary/aromatic N) is 2. The number of hydrogen-bond acceptors (Lipinski definition) is 8. The van der Waals surface area contributed by atoms with Crippen LogP contribution in [0.25, 0.3) is 22.2 Å². The minimum Gasteiger partial charge on any atom is -0.489 e. The number of amides is 3. The Morgan fingerprint density at radius 2 is 1.80 bits per heavy atom. The van der Waals surface area contributed by atoms with Crippen LogP contribution in [0.2, 0.25) is 0 Å². The maximum Gasteiger partial charge on any atom is 0.424 e. The Morgan fingerprint density at radius 1 is 1.11 bits per heavy atom. The fourth-order valence-electron chi connectivity index (χ4n) is 4.97. The normalized spacial score (nSPS) is 17.1. The van der Waals surface area contributed by atoms with Gasteiger partial charge in [-0.1, -0.05) is 0 Å². The van der Waals surface area contributed by atoms with Crippen molar-refractivity contribution in [1.29, 1.82) is 0 Å². The fraction of sp³-hybridized carbons (Fsp3) is 0.258. The summed E-state index contributed by atoms with van der Waals surface area (Å²) in [4.78, 5) is 45.3. The van der Waals surface area contributed by atoms with Gasteiger partial charge in [-0.15, -0.1) is 0 Å². The molecule has 0 bridgehead atoms. The molecule has 15 heteroatoms. The number of ether oxygens (including phenoxy) is 2. The van der Waals surface area contributed by atoms with Gasteiger partial charge in [0.15, 0.2) is 6.61 Å². The van der Waals surface area contributed by atoms with Gasteiger partial charge in [0.1, 0.15) is 40.5 Å². The van der Waals surface area contributed by atoms with Gasteiger partial charge in [-0.3, -0.25) is 19.4 Å². The second kappa shape index (κ2) is 11.6. The maximum absolute atomic E-state index is 14.7. The molecule has 0 fully saturated rings. The van der Waals surface area contributed by atoms with Gasteiger partial charge in [-0.2, -0.15) is 13.2 Å². The molecule has 0 spiro atoms. The molecule has 0 radical (unpaired) electrons. The number of nitrogens with one attached hydrogen (secondary N) is 1. The van der Waals surface area contributed by atoms with E-state index in [1.165, 1.54) is 37.4 Å². The Labute approximate surface area is 258 Å². The number of pyridine rings is 2. The Morgan fingerprint density at radius 3 is 2.43 bits per heavy atom. The number of nitrogens with two attached hydrogens (primary N) is 2. The summed E-state index contributed by atoms with van der Waals surface area (Å²) in [7, 11) is 0. The Hall–Kier alpha value is -5.31. The highest BCUT2D eigenvalue weighted by Gasteiger charge is 2.57. The van der Waals surface area contributed by atoms with Crippen LogP contribution in [0, 0.1) is 12.7 Å². The van der Waals surface area contributed by atoms with Crippen LogP contribution in [0.1, 0.15) is 34.1 Å². The van der Waals surface area contributed by atoms with Gasteiger partial charge < -0.3 is 31.4 Å². The average Bonchev–Trinajstić information content (AvgIpc) is 3.35. The van der Waals surface area contributed by atoms with Crippen LogP contribution in [0.15, 0.2) is 54.7 Å². The van der Waals surface area contributed by atoms with Gasteiger partial charge in [0, 0.05) is 28.3 Å². The van der Waals surface area contributed by atoms with E-state index in [-0.39, 0.29) is 46.0 Å². The van der Waals surface area contributed by atoms with Gasteiger partial charge in [0.05, 0.1) is 12.2 Å². The molecule has 0 aliphatic carbocycles. The van der Waals surface area contributed by atoms with Gasteiger partial charge in [-0.05, 0) is 67.9 Å².